The number of carbonyl (C=O) groups is 1. The number of hydrogen-bond donors (Lipinski definition) is 1. The standard InChI is InChI=1S/C16H22ClNO3/c1-4-20-14-9-8-12(10-13(14)17)18-15(19)16(3,21-5-2)11-6-7-11/h8-11H,4-7H2,1-3H3,(H,18,19)/t16-/m1/s1. The number of halogens is 1. The van der Waals surface area contributed by atoms with Crippen molar-refractivity contribution in [2.24, 2.45) is 5.92 Å². The largest absolute Gasteiger partial charge is 0.492 e. The first-order valence-electron chi connectivity index (χ1n) is 7.39. The van der Waals surface area contributed by atoms with Gasteiger partial charge in [0.2, 0.25) is 0 Å². The van der Waals surface area contributed by atoms with E-state index < -0.39 is 5.60 Å². The third-order valence-electron chi connectivity index (χ3n) is 3.74. The zero-order valence-electron chi connectivity index (χ0n) is 12.7. The minimum atomic E-state index is -0.764. The van der Waals surface area contributed by atoms with Crippen LogP contribution < -0.4 is 10.1 Å². The number of hydrogen-bond acceptors (Lipinski definition) is 3. The molecule has 116 valence electrons. The molecule has 1 aromatic rings. The van der Waals surface area contributed by atoms with Gasteiger partial charge in [0.1, 0.15) is 11.4 Å². The quantitative estimate of drug-likeness (QED) is 0.831. The SMILES string of the molecule is CCOc1ccc(NC(=O)[C@](C)(OCC)C2CC2)cc1Cl. The molecular weight excluding hydrogens is 290 g/mol. The molecule has 1 N–H and O–H groups in total. The van der Waals surface area contributed by atoms with Gasteiger partial charge in [-0.05, 0) is 57.7 Å². The van der Waals surface area contributed by atoms with Gasteiger partial charge in [0.25, 0.3) is 5.91 Å². The van der Waals surface area contributed by atoms with E-state index in [0.29, 0.717) is 35.6 Å². The van der Waals surface area contributed by atoms with E-state index in [1.54, 1.807) is 18.2 Å². The molecule has 1 saturated carbocycles. The van der Waals surface area contributed by atoms with Gasteiger partial charge in [0.15, 0.2) is 0 Å². The lowest BCUT2D eigenvalue weighted by atomic mass is 9.99. The van der Waals surface area contributed by atoms with E-state index in [-0.39, 0.29) is 5.91 Å². The molecule has 0 radical (unpaired) electrons. The molecule has 0 saturated heterocycles. The minimum absolute atomic E-state index is 0.118. The Kier molecular flexibility index (Phi) is 5.12. The van der Waals surface area contributed by atoms with Gasteiger partial charge in [0.05, 0.1) is 11.6 Å². The average molecular weight is 312 g/mol. The smallest absolute Gasteiger partial charge is 0.256 e. The summed E-state index contributed by atoms with van der Waals surface area (Å²) in [5, 5.41) is 3.38. The Bertz CT molecular complexity index is 516. The summed E-state index contributed by atoms with van der Waals surface area (Å²) in [5.74, 6) is 0.801. The van der Waals surface area contributed by atoms with Crippen LogP contribution in [0.5, 0.6) is 5.75 Å². The van der Waals surface area contributed by atoms with E-state index in [0.717, 1.165) is 12.8 Å². The van der Waals surface area contributed by atoms with Crippen LogP contribution in [0.1, 0.15) is 33.6 Å². The molecule has 2 rings (SSSR count). The third-order valence-corrected chi connectivity index (χ3v) is 4.04. The second-order valence-electron chi connectivity index (χ2n) is 5.35. The van der Waals surface area contributed by atoms with E-state index in [1.165, 1.54) is 0 Å². The van der Waals surface area contributed by atoms with Crippen molar-refractivity contribution in [2.75, 3.05) is 18.5 Å². The summed E-state index contributed by atoms with van der Waals surface area (Å²) in [4.78, 5) is 12.5. The van der Waals surface area contributed by atoms with Crippen LogP contribution in [0.15, 0.2) is 18.2 Å². The Morgan fingerprint density at radius 1 is 1.38 bits per heavy atom. The van der Waals surface area contributed by atoms with Crippen LogP contribution in [0, 0.1) is 5.92 Å². The second-order valence-corrected chi connectivity index (χ2v) is 5.75. The Balaban J connectivity index is 2.09. The van der Waals surface area contributed by atoms with Gasteiger partial charge >= 0.3 is 0 Å². The molecule has 0 unspecified atom stereocenters. The lowest BCUT2D eigenvalue weighted by molar-refractivity contribution is -0.141. The van der Waals surface area contributed by atoms with Crippen LogP contribution in [0.25, 0.3) is 0 Å². The molecule has 5 heteroatoms. The van der Waals surface area contributed by atoms with Crippen LogP contribution in [0.2, 0.25) is 5.02 Å². The topological polar surface area (TPSA) is 47.6 Å². The molecule has 0 spiro atoms. The summed E-state index contributed by atoms with van der Waals surface area (Å²) in [7, 11) is 0. The summed E-state index contributed by atoms with van der Waals surface area (Å²) in [6, 6.07) is 5.24. The Hall–Kier alpha value is -1.26. The number of carbonyl (C=O) groups excluding carboxylic acids is 1. The van der Waals surface area contributed by atoms with Crippen molar-refractivity contribution >= 4 is 23.2 Å². The van der Waals surface area contributed by atoms with E-state index in [1.807, 2.05) is 20.8 Å². The molecule has 21 heavy (non-hydrogen) atoms. The summed E-state index contributed by atoms with van der Waals surface area (Å²) < 4.78 is 11.1. The Morgan fingerprint density at radius 2 is 2.10 bits per heavy atom. The zero-order valence-corrected chi connectivity index (χ0v) is 13.5. The van der Waals surface area contributed by atoms with Gasteiger partial charge in [-0.25, -0.2) is 0 Å². The molecule has 0 aliphatic heterocycles. The molecule has 1 fully saturated rings. The highest BCUT2D eigenvalue weighted by atomic mass is 35.5. The van der Waals surface area contributed by atoms with Crippen LogP contribution in [0.3, 0.4) is 0 Å². The van der Waals surface area contributed by atoms with E-state index in [4.69, 9.17) is 21.1 Å². The summed E-state index contributed by atoms with van der Waals surface area (Å²) in [6.45, 7) is 6.73. The highest BCUT2D eigenvalue weighted by Crippen LogP contribution is 2.42. The monoisotopic (exact) mass is 311 g/mol. The van der Waals surface area contributed by atoms with Crippen LogP contribution in [-0.4, -0.2) is 24.7 Å². The minimum Gasteiger partial charge on any atom is -0.492 e. The fraction of sp³-hybridized carbons (Fsp3) is 0.562. The lowest BCUT2D eigenvalue weighted by Crippen LogP contribution is -2.44. The van der Waals surface area contributed by atoms with Crippen molar-refractivity contribution in [3.63, 3.8) is 0 Å². The highest BCUT2D eigenvalue weighted by molar-refractivity contribution is 6.32. The fourth-order valence-corrected chi connectivity index (χ4v) is 2.64. The average Bonchev–Trinajstić information content (AvgIpc) is 3.27. The maximum atomic E-state index is 12.5. The zero-order chi connectivity index (χ0) is 15.5. The van der Waals surface area contributed by atoms with Gasteiger partial charge in [0, 0.05) is 12.3 Å². The van der Waals surface area contributed by atoms with Gasteiger partial charge < -0.3 is 14.8 Å². The summed E-state index contributed by atoms with van der Waals surface area (Å²) in [6.07, 6.45) is 2.07. The number of amides is 1. The first-order chi connectivity index (χ1) is 10.0. The van der Waals surface area contributed by atoms with Crippen molar-refractivity contribution in [1.82, 2.24) is 0 Å². The fourth-order valence-electron chi connectivity index (χ4n) is 2.41. The highest BCUT2D eigenvalue weighted by Gasteiger charge is 2.48. The summed E-state index contributed by atoms with van der Waals surface area (Å²) in [5.41, 5.74) is -0.111. The molecule has 4 nitrogen and oxygen atoms in total. The molecule has 0 aromatic heterocycles. The second kappa shape index (κ2) is 6.67. The van der Waals surface area contributed by atoms with Crippen LogP contribution in [0.4, 0.5) is 5.69 Å². The first kappa shape index (κ1) is 16.1. The third kappa shape index (κ3) is 3.69. The predicted molar refractivity (Wildman–Crippen MR) is 84.0 cm³/mol. The maximum Gasteiger partial charge on any atom is 0.256 e. The molecule has 1 aliphatic carbocycles. The number of rotatable bonds is 7. The number of nitrogens with one attached hydrogen (secondary N) is 1. The summed E-state index contributed by atoms with van der Waals surface area (Å²) >= 11 is 6.13. The molecule has 0 bridgehead atoms. The Morgan fingerprint density at radius 3 is 2.62 bits per heavy atom. The molecular formula is C16H22ClNO3. The number of anilines is 1. The van der Waals surface area contributed by atoms with Gasteiger partial charge in [-0.3, -0.25) is 4.79 Å². The van der Waals surface area contributed by atoms with Crippen molar-refractivity contribution in [2.45, 2.75) is 39.2 Å². The molecule has 1 aliphatic rings. The number of benzene rings is 1. The van der Waals surface area contributed by atoms with E-state index >= 15 is 0 Å². The number of ether oxygens (including phenoxy) is 2. The normalized spacial score (nSPS) is 17.1. The van der Waals surface area contributed by atoms with E-state index in [9.17, 15) is 4.79 Å². The van der Waals surface area contributed by atoms with Crippen LogP contribution >= 0.6 is 11.6 Å². The van der Waals surface area contributed by atoms with Gasteiger partial charge in [-0.2, -0.15) is 0 Å². The van der Waals surface area contributed by atoms with Gasteiger partial charge in [-0.15, -0.1) is 0 Å². The van der Waals surface area contributed by atoms with Gasteiger partial charge in [-0.1, -0.05) is 11.6 Å². The molecule has 0 heterocycles. The lowest BCUT2D eigenvalue weighted by Gasteiger charge is -2.28. The molecule has 1 aromatic carbocycles. The maximum absolute atomic E-state index is 12.5. The van der Waals surface area contributed by atoms with Crippen molar-refractivity contribution in [3.05, 3.63) is 23.2 Å². The molecule has 1 amide bonds. The Labute approximate surface area is 130 Å². The van der Waals surface area contributed by atoms with Crippen molar-refractivity contribution < 1.29 is 14.3 Å². The van der Waals surface area contributed by atoms with Crippen molar-refractivity contribution in [3.8, 4) is 5.75 Å². The van der Waals surface area contributed by atoms with E-state index in [2.05, 4.69) is 5.32 Å². The van der Waals surface area contributed by atoms with Crippen LogP contribution in [-0.2, 0) is 9.53 Å². The predicted octanol–water partition coefficient (Wildman–Crippen LogP) is 3.88. The molecule has 1 atom stereocenters. The van der Waals surface area contributed by atoms with Crippen molar-refractivity contribution in [1.29, 1.82) is 0 Å². The first-order valence-corrected chi connectivity index (χ1v) is 7.76.